The van der Waals surface area contributed by atoms with E-state index in [1.54, 1.807) is 0 Å². The summed E-state index contributed by atoms with van der Waals surface area (Å²) in [5.74, 6) is 0. The standard InChI is InChI=1S/C10H20O2P/c1-2-12-13(11)10-8-6-4-3-5-7-9-10/h10H,2-9H2,1H3/q+1. The molecular weight excluding hydrogens is 183 g/mol. The molecule has 0 radical (unpaired) electrons. The van der Waals surface area contributed by atoms with Gasteiger partial charge in [0.05, 0.1) is 6.61 Å². The smallest absolute Gasteiger partial charge is 0.146 e. The molecule has 1 aliphatic carbocycles. The SMILES string of the molecule is CCO[P+](=O)C1CCCCCCC1. The summed E-state index contributed by atoms with van der Waals surface area (Å²) >= 11 is 0. The van der Waals surface area contributed by atoms with Crippen LogP contribution in [-0.4, -0.2) is 12.3 Å². The predicted molar refractivity (Wildman–Crippen MR) is 55.3 cm³/mol. The zero-order valence-corrected chi connectivity index (χ0v) is 9.39. The lowest BCUT2D eigenvalue weighted by atomic mass is 10.0. The lowest BCUT2D eigenvalue weighted by Crippen LogP contribution is -2.06. The zero-order chi connectivity index (χ0) is 9.52. The molecule has 1 aliphatic rings. The van der Waals surface area contributed by atoms with Crippen LogP contribution in [0.2, 0.25) is 0 Å². The van der Waals surface area contributed by atoms with Crippen molar-refractivity contribution in [2.24, 2.45) is 0 Å². The van der Waals surface area contributed by atoms with Crippen molar-refractivity contribution in [2.45, 2.75) is 57.5 Å². The fourth-order valence-electron chi connectivity index (χ4n) is 1.88. The third-order valence-electron chi connectivity index (χ3n) is 2.63. The monoisotopic (exact) mass is 203 g/mol. The van der Waals surface area contributed by atoms with E-state index in [-0.39, 0.29) is 0 Å². The summed E-state index contributed by atoms with van der Waals surface area (Å²) in [4.78, 5) is 0. The highest BCUT2D eigenvalue weighted by Gasteiger charge is 2.31. The molecule has 1 fully saturated rings. The van der Waals surface area contributed by atoms with Crippen LogP contribution in [0.1, 0.15) is 51.9 Å². The van der Waals surface area contributed by atoms with Crippen LogP contribution in [0.5, 0.6) is 0 Å². The molecule has 3 heteroatoms. The van der Waals surface area contributed by atoms with Gasteiger partial charge in [-0.2, -0.15) is 0 Å². The second-order valence-corrected chi connectivity index (χ2v) is 5.26. The lowest BCUT2D eigenvalue weighted by molar-refractivity contribution is 0.335. The van der Waals surface area contributed by atoms with Gasteiger partial charge in [0.15, 0.2) is 5.66 Å². The highest BCUT2D eigenvalue weighted by atomic mass is 31.1. The van der Waals surface area contributed by atoms with Crippen LogP contribution in [0.4, 0.5) is 0 Å². The molecule has 0 N–H and O–H groups in total. The highest BCUT2D eigenvalue weighted by molar-refractivity contribution is 7.40. The highest BCUT2D eigenvalue weighted by Crippen LogP contribution is 2.37. The Balaban J connectivity index is 2.32. The summed E-state index contributed by atoms with van der Waals surface area (Å²) in [6.07, 6.45) is 8.66. The van der Waals surface area contributed by atoms with E-state index in [2.05, 4.69) is 0 Å². The number of hydrogen-bond acceptors (Lipinski definition) is 2. The van der Waals surface area contributed by atoms with Gasteiger partial charge in [-0.05, 0) is 37.2 Å². The Morgan fingerprint density at radius 1 is 1.15 bits per heavy atom. The maximum atomic E-state index is 11.6. The molecule has 1 unspecified atom stereocenters. The van der Waals surface area contributed by atoms with Crippen molar-refractivity contribution in [1.29, 1.82) is 0 Å². The first-order valence-electron chi connectivity index (χ1n) is 5.44. The minimum atomic E-state index is -1.38. The summed E-state index contributed by atoms with van der Waals surface area (Å²) < 4.78 is 16.8. The first-order chi connectivity index (χ1) is 6.34. The predicted octanol–water partition coefficient (Wildman–Crippen LogP) is 3.88. The van der Waals surface area contributed by atoms with Crippen LogP contribution in [0.25, 0.3) is 0 Å². The molecule has 0 amide bonds. The molecule has 0 saturated heterocycles. The van der Waals surface area contributed by atoms with Gasteiger partial charge in [0.1, 0.15) is 0 Å². The summed E-state index contributed by atoms with van der Waals surface area (Å²) in [5, 5.41) is 0. The van der Waals surface area contributed by atoms with E-state index in [0.29, 0.717) is 12.3 Å². The van der Waals surface area contributed by atoms with E-state index in [1.807, 2.05) is 6.92 Å². The molecule has 76 valence electrons. The summed E-state index contributed by atoms with van der Waals surface area (Å²) in [6, 6.07) is 0. The van der Waals surface area contributed by atoms with Crippen LogP contribution in [0.15, 0.2) is 0 Å². The molecule has 0 aromatic heterocycles. The number of hydrogen-bond donors (Lipinski definition) is 0. The molecule has 1 rings (SSSR count). The van der Waals surface area contributed by atoms with Crippen LogP contribution in [0, 0.1) is 0 Å². The topological polar surface area (TPSA) is 26.3 Å². The summed E-state index contributed by atoms with van der Waals surface area (Å²) in [7, 11) is -1.38. The fourth-order valence-corrected chi connectivity index (χ4v) is 3.13. The van der Waals surface area contributed by atoms with E-state index < -0.39 is 8.03 Å². The van der Waals surface area contributed by atoms with Crippen LogP contribution < -0.4 is 0 Å². The van der Waals surface area contributed by atoms with Gasteiger partial charge in [0, 0.05) is 0 Å². The normalized spacial score (nSPS) is 22.1. The first-order valence-corrected chi connectivity index (χ1v) is 6.68. The van der Waals surface area contributed by atoms with E-state index in [9.17, 15) is 4.57 Å². The molecule has 0 spiro atoms. The molecule has 0 aliphatic heterocycles. The van der Waals surface area contributed by atoms with Crippen LogP contribution in [-0.2, 0) is 9.09 Å². The maximum Gasteiger partial charge on any atom is 0.511 e. The Kier molecular flexibility index (Phi) is 5.57. The van der Waals surface area contributed by atoms with Gasteiger partial charge in [-0.15, -0.1) is 4.52 Å². The lowest BCUT2D eigenvalue weighted by Gasteiger charge is -2.10. The Labute approximate surface area is 81.9 Å². The van der Waals surface area contributed by atoms with E-state index >= 15 is 0 Å². The van der Waals surface area contributed by atoms with E-state index in [4.69, 9.17) is 4.52 Å². The third kappa shape index (κ3) is 4.19. The minimum Gasteiger partial charge on any atom is -0.146 e. The summed E-state index contributed by atoms with van der Waals surface area (Å²) in [6.45, 7) is 2.50. The van der Waals surface area contributed by atoms with Gasteiger partial charge >= 0.3 is 8.03 Å². The Morgan fingerprint density at radius 3 is 2.23 bits per heavy atom. The number of rotatable bonds is 3. The van der Waals surface area contributed by atoms with Gasteiger partial charge in [-0.3, -0.25) is 0 Å². The van der Waals surface area contributed by atoms with E-state index in [1.165, 1.54) is 32.1 Å². The van der Waals surface area contributed by atoms with Crippen LogP contribution >= 0.6 is 8.03 Å². The Bertz CT molecular complexity index is 151. The van der Waals surface area contributed by atoms with Gasteiger partial charge in [-0.25, -0.2) is 0 Å². The third-order valence-corrected chi connectivity index (χ3v) is 4.25. The van der Waals surface area contributed by atoms with Crippen molar-refractivity contribution in [3.63, 3.8) is 0 Å². The largest absolute Gasteiger partial charge is 0.511 e. The molecule has 2 nitrogen and oxygen atoms in total. The summed E-state index contributed by atoms with van der Waals surface area (Å²) in [5.41, 5.74) is 0.343. The van der Waals surface area contributed by atoms with Gasteiger partial charge in [0.25, 0.3) is 0 Å². The molecule has 1 saturated carbocycles. The van der Waals surface area contributed by atoms with Gasteiger partial charge in [0.2, 0.25) is 0 Å². The molecule has 1 atom stereocenters. The quantitative estimate of drug-likeness (QED) is 0.650. The second-order valence-electron chi connectivity index (χ2n) is 3.70. The zero-order valence-electron chi connectivity index (χ0n) is 8.50. The average molecular weight is 203 g/mol. The first kappa shape index (κ1) is 11.1. The van der Waals surface area contributed by atoms with Crippen molar-refractivity contribution < 1.29 is 9.09 Å². The Morgan fingerprint density at radius 2 is 1.69 bits per heavy atom. The second kappa shape index (κ2) is 6.50. The van der Waals surface area contributed by atoms with Gasteiger partial charge < -0.3 is 0 Å². The van der Waals surface area contributed by atoms with E-state index in [0.717, 1.165) is 12.8 Å². The van der Waals surface area contributed by atoms with Crippen LogP contribution in [0.3, 0.4) is 0 Å². The van der Waals surface area contributed by atoms with Crippen molar-refractivity contribution in [3.8, 4) is 0 Å². The minimum absolute atomic E-state index is 0.343. The molecule has 0 heterocycles. The van der Waals surface area contributed by atoms with Crippen molar-refractivity contribution >= 4 is 8.03 Å². The molecule has 0 bridgehead atoms. The van der Waals surface area contributed by atoms with Crippen molar-refractivity contribution in [1.82, 2.24) is 0 Å². The van der Waals surface area contributed by atoms with Crippen molar-refractivity contribution in [3.05, 3.63) is 0 Å². The Hall–Kier alpha value is 0.0600. The van der Waals surface area contributed by atoms with Crippen molar-refractivity contribution in [2.75, 3.05) is 6.61 Å². The molecule has 0 aromatic carbocycles. The van der Waals surface area contributed by atoms with Gasteiger partial charge in [-0.1, -0.05) is 19.3 Å². The average Bonchev–Trinajstić information content (AvgIpc) is 2.03. The molecule has 13 heavy (non-hydrogen) atoms. The fraction of sp³-hybridized carbons (Fsp3) is 1.00. The molecular formula is C10H20O2P+. The molecule has 0 aromatic rings. The maximum absolute atomic E-state index is 11.6.